The van der Waals surface area contributed by atoms with E-state index in [1.807, 2.05) is 6.07 Å². The first kappa shape index (κ1) is 17.8. The molecule has 1 N–H and O–H groups in total. The number of carbonyl (C=O) groups is 1. The van der Waals surface area contributed by atoms with Gasteiger partial charge >= 0.3 is 0 Å². The number of hydrogen-bond donors (Lipinski definition) is 1. The smallest absolute Gasteiger partial charge is 0.224 e. The third kappa shape index (κ3) is 5.26. The Hall–Kier alpha value is -1.51. The lowest BCUT2D eigenvalue weighted by molar-refractivity contribution is -0.120. The number of amides is 1. The van der Waals surface area contributed by atoms with Crippen molar-refractivity contribution in [3.8, 4) is 0 Å². The van der Waals surface area contributed by atoms with Crippen LogP contribution in [0.5, 0.6) is 0 Å². The zero-order chi connectivity index (χ0) is 17.0. The van der Waals surface area contributed by atoms with Gasteiger partial charge in [-0.15, -0.1) is 0 Å². The summed E-state index contributed by atoms with van der Waals surface area (Å²) in [6, 6.07) is 13.6. The van der Waals surface area contributed by atoms with Crippen LogP contribution in [0.25, 0.3) is 0 Å². The molecule has 0 fully saturated rings. The van der Waals surface area contributed by atoms with Crippen LogP contribution in [-0.2, 0) is 23.2 Å². The molecule has 23 heavy (non-hydrogen) atoms. The molecule has 4 heteroatoms. The Morgan fingerprint density at radius 1 is 0.957 bits per heavy atom. The summed E-state index contributed by atoms with van der Waals surface area (Å²) in [6.45, 7) is 7.06. The summed E-state index contributed by atoms with van der Waals surface area (Å²) < 4.78 is 0. The van der Waals surface area contributed by atoms with E-state index < -0.39 is 0 Å². The number of benzene rings is 2. The third-order valence-corrected chi connectivity index (χ3v) is 4.40. The summed E-state index contributed by atoms with van der Waals surface area (Å²) in [7, 11) is 0. The molecule has 2 aromatic carbocycles. The van der Waals surface area contributed by atoms with E-state index in [4.69, 9.17) is 23.2 Å². The SMILES string of the molecule is CC(C)(C)c1ccc(CNC(=O)Cc2ccc(Cl)c(Cl)c2)cc1. The third-order valence-electron chi connectivity index (χ3n) is 3.66. The van der Waals surface area contributed by atoms with Crippen molar-refractivity contribution < 1.29 is 4.79 Å². The van der Waals surface area contributed by atoms with Gasteiger partial charge in [0.1, 0.15) is 0 Å². The predicted molar refractivity (Wildman–Crippen MR) is 97.2 cm³/mol. The summed E-state index contributed by atoms with van der Waals surface area (Å²) in [5.41, 5.74) is 3.35. The normalized spacial score (nSPS) is 11.3. The van der Waals surface area contributed by atoms with Gasteiger partial charge in [-0.25, -0.2) is 0 Å². The van der Waals surface area contributed by atoms with Crippen molar-refractivity contribution in [2.45, 2.75) is 39.2 Å². The molecule has 0 heterocycles. The highest BCUT2D eigenvalue weighted by molar-refractivity contribution is 6.42. The maximum absolute atomic E-state index is 12.0. The molecule has 0 saturated carbocycles. The fourth-order valence-corrected chi connectivity index (χ4v) is 2.54. The molecule has 0 spiro atoms. The summed E-state index contributed by atoms with van der Waals surface area (Å²) in [5.74, 6) is -0.0386. The average Bonchev–Trinajstić information content (AvgIpc) is 2.48. The highest BCUT2D eigenvalue weighted by atomic mass is 35.5. The zero-order valence-electron chi connectivity index (χ0n) is 13.6. The second-order valence-corrected chi connectivity index (χ2v) is 7.46. The molecule has 2 nitrogen and oxygen atoms in total. The fraction of sp³-hybridized carbons (Fsp3) is 0.316. The highest BCUT2D eigenvalue weighted by Gasteiger charge is 2.13. The Morgan fingerprint density at radius 3 is 2.13 bits per heavy atom. The van der Waals surface area contributed by atoms with Crippen molar-refractivity contribution in [2.75, 3.05) is 0 Å². The average molecular weight is 350 g/mol. The molecule has 122 valence electrons. The molecule has 2 aromatic rings. The lowest BCUT2D eigenvalue weighted by Crippen LogP contribution is -2.24. The largest absolute Gasteiger partial charge is 0.352 e. The Labute approximate surface area is 147 Å². The van der Waals surface area contributed by atoms with E-state index in [1.165, 1.54) is 5.56 Å². The van der Waals surface area contributed by atoms with Gasteiger partial charge in [0.25, 0.3) is 0 Å². The Balaban J connectivity index is 1.90. The first-order valence-corrected chi connectivity index (χ1v) is 8.31. The van der Waals surface area contributed by atoms with Crippen LogP contribution in [0.3, 0.4) is 0 Å². The van der Waals surface area contributed by atoms with Gasteiger partial charge in [0.15, 0.2) is 0 Å². The topological polar surface area (TPSA) is 29.1 Å². The van der Waals surface area contributed by atoms with E-state index in [2.05, 4.69) is 50.4 Å². The fourth-order valence-electron chi connectivity index (χ4n) is 2.22. The Morgan fingerprint density at radius 2 is 1.57 bits per heavy atom. The maximum Gasteiger partial charge on any atom is 0.224 e. The molecule has 0 aromatic heterocycles. The number of nitrogens with one attached hydrogen (secondary N) is 1. The van der Waals surface area contributed by atoms with Crippen LogP contribution < -0.4 is 5.32 Å². The summed E-state index contributed by atoms with van der Waals surface area (Å²) in [4.78, 5) is 12.0. The number of carbonyl (C=O) groups excluding carboxylic acids is 1. The monoisotopic (exact) mass is 349 g/mol. The number of hydrogen-bond acceptors (Lipinski definition) is 1. The van der Waals surface area contributed by atoms with E-state index in [0.717, 1.165) is 11.1 Å². The van der Waals surface area contributed by atoms with Crippen LogP contribution in [0.4, 0.5) is 0 Å². The van der Waals surface area contributed by atoms with Gasteiger partial charge in [-0.2, -0.15) is 0 Å². The van der Waals surface area contributed by atoms with Gasteiger partial charge in [-0.3, -0.25) is 4.79 Å². The van der Waals surface area contributed by atoms with Crippen LogP contribution in [0, 0.1) is 0 Å². The lowest BCUT2D eigenvalue weighted by Gasteiger charge is -2.19. The molecule has 2 rings (SSSR count). The molecule has 0 atom stereocenters. The number of halogens is 2. The Bertz CT molecular complexity index is 688. The minimum Gasteiger partial charge on any atom is -0.352 e. The second kappa shape index (κ2) is 7.37. The molecule has 0 aliphatic carbocycles. The molecule has 0 bridgehead atoms. The van der Waals surface area contributed by atoms with Gasteiger partial charge in [-0.05, 0) is 34.2 Å². The van der Waals surface area contributed by atoms with Gasteiger partial charge in [0, 0.05) is 6.54 Å². The van der Waals surface area contributed by atoms with Crippen molar-refractivity contribution in [2.24, 2.45) is 0 Å². The first-order valence-electron chi connectivity index (χ1n) is 7.56. The Kier molecular flexibility index (Phi) is 5.72. The van der Waals surface area contributed by atoms with E-state index in [-0.39, 0.29) is 17.7 Å². The molecule has 0 unspecified atom stereocenters. The second-order valence-electron chi connectivity index (χ2n) is 6.65. The molecule has 0 radical (unpaired) electrons. The summed E-state index contributed by atoms with van der Waals surface area (Å²) in [5, 5.41) is 3.89. The molecule has 0 aliphatic rings. The van der Waals surface area contributed by atoms with Gasteiger partial charge in [0.05, 0.1) is 16.5 Å². The lowest BCUT2D eigenvalue weighted by atomic mass is 9.87. The highest BCUT2D eigenvalue weighted by Crippen LogP contribution is 2.23. The van der Waals surface area contributed by atoms with E-state index in [9.17, 15) is 4.79 Å². The van der Waals surface area contributed by atoms with Crippen LogP contribution in [0.1, 0.15) is 37.5 Å². The predicted octanol–water partition coefficient (Wildman–Crippen LogP) is 5.15. The van der Waals surface area contributed by atoms with Gasteiger partial charge in [-0.1, -0.05) is 74.3 Å². The van der Waals surface area contributed by atoms with E-state index >= 15 is 0 Å². The molecule has 1 amide bonds. The van der Waals surface area contributed by atoms with Gasteiger partial charge in [0.2, 0.25) is 5.91 Å². The van der Waals surface area contributed by atoms with Crippen LogP contribution in [-0.4, -0.2) is 5.91 Å². The standard InChI is InChI=1S/C19H21Cl2NO/c1-19(2,3)15-7-4-13(5-8-15)12-22-18(23)11-14-6-9-16(20)17(21)10-14/h4-10H,11-12H2,1-3H3,(H,22,23). The van der Waals surface area contributed by atoms with Crippen LogP contribution in [0.15, 0.2) is 42.5 Å². The van der Waals surface area contributed by atoms with Crippen LogP contribution >= 0.6 is 23.2 Å². The quantitative estimate of drug-likeness (QED) is 0.812. The zero-order valence-corrected chi connectivity index (χ0v) is 15.1. The molecule has 0 saturated heterocycles. The van der Waals surface area contributed by atoms with Gasteiger partial charge < -0.3 is 5.32 Å². The van der Waals surface area contributed by atoms with Crippen molar-refractivity contribution in [1.29, 1.82) is 0 Å². The summed E-state index contributed by atoms with van der Waals surface area (Å²) >= 11 is 11.8. The summed E-state index contributed by atoms with van der Waals surface area (Å²) in [6.07, 6.45) is 0.289. The minimum absolute atomic E-state index is 0.0386. The molecule has 0 aliphatic heterocycles. The van der Waals surface area contributed by atoms with Crippen molar-refractivity contribution in [3.05, 3.63) is 69.2 Å². The van der Waals surface area contributed by atoms with E-state index in [1.54, 1.807) is 12.1 Å². The molecular weight excluding hydrogens is 329 g/mol. The van der Waals surface area contributed by atoms with E-state index in [0.29, 0.717) is 16.6 Å². The van der Waals surface area contributed by atoms with Crippen LogP contribution in [0.2, 0.25) is 10.0 Å². The maximum atomic E-state index is 12.0. The van der Waals surface area contributed by atoms with Crippen molar-refractivity contribution in [3.63, 3.8) is 0 Å². The minimum atomic E-state index is -0.0386. The van der Waals surface area contributed by atoms with Crippen molar-refractivity contribution >= 4 is 29.1 Å². The number of rotatable bonds is 4. The first-order chi connectivity index (χ1) is 10.8. The van der Waals surface area contributed by atoms with Crippen molar-refractivity contribution in [1.82, 2.24) is 5.32 Å². The molecular formula is C19H21Cl2NO.